The van der Waals surface area contributed by atoms with Gasteiger partial charge in [-0.3, -0.25) is 14.9 Å². The van der Waals surface area contributed by atoms with Crippen LogP contribution >= 0.6 is 0 Å². The molecule has 2 aromatic rings. The zero-order chi connectivity index (χ0) is 18.0. The molecule has 1 aliphatic heterocycles. The van der Waals surface area contributed by atoms with Crippen molar-refractivity contribution in [2.75, 3.05) is 31.1 Å². The number of nitro benzene ring substituents is 1. The Morgan fingerprint density at radius 3 is 2.32 bits per heavy atom. The molecule has 3 rings (SSSR count). The first-order valence-electron chi connectivity index (χ1n) is 8.32. The van der Waals surface area contributed by atoms with Gasteiger partial charge in [0.1, 0.15) is 5.56 Å². The average Bonchev–Trinajstić information content (AvgIpc) is 2.63. The standard InChI is InChI=1S/C19H21N3O3/c1-14-7-8-16(13-15(14)2)20-9-11-21(12-10-20)19(23)17-5-3-4-6-18(17)22(24)25/h3-8,13H,9-12H2,1-2H3. The molecule has 0 N–H and O–H groups in total. The number of hydrogen-bond acceptors (Lipinski definition) is 4. The smallest absolute Gasteiger partial charge is 0.282 e. The Morgan fingerprint density at radius 2 is 1.68 bits per heavy atom. The van der Waals surface area contributed by atoms with Crippen LogP contribution in [0.15, 0.2) is 42.5 Å². The maximum Gasteiger partial charge on any atom is 0.282 e. The summed E-state index contributed by atoms with van der Waals surface area (Å²) in [6.45, 7) is 6.72. The third-order valence-corrected chi connectivity index (χ3v) is 4.75. The van der Waals surface area contributed by atoms with Crippen molar-refractivity contribution < 1.29 is 9.72 Å². The van der Waals surface area contributed by atoms with Crippen LogP contribution < -0.4 is 4.90 Å². The summed E-state index contributed by atoms with van der Waals surface area (Å²) in [5.74, 6) is -0.271. The van der Waals surface area contributed by atoms with Crippen LogP contribution in [-0.4, -0.2) is 41.9 Å². The van der Waals surface area contributed by atoms with Crippen LogP contribution in [0.4, 0.5) is 11.4 Å². The maximum absolute atomic E-state index is 12.7. The summed E-state index contributed by atoms with van der Waals surface area (Å²) < 4.78 is 0. The zero-order valence-electron chi connectivity index (χ0n) is 14.4. The Morgan fingerprint density at radius 1 is 1.00 bits per heavy atom. The second kappa shape index (κ2) is 6.93. The minimum atomic E-state index is -0.501. The van der Waals surface area contributed by atoms with Gasteiger partial charge in [-0.05, 0) is 43.2 Å². The van der Waals surface area contributed by atoms with E-state index in [1.165, 1.54) is 23.3 Å². The van der Waals surface area contributed by atoms with Gasteiger partial charge in [-0.2, -0.15) is 0 Å². The van der Waals surface area contributed by atoms with Crippen molar-refractivity contribution in [3.63, 3.8) is 0 Å². The number of aryl methyl sites for hydroxylation is 2. The highest BCUT2D eigenvalue weighted by Crippen LogP contribution is 2.23. The SMILES string of the molecule is Cc1ccc(N2CCN(C(=O)c3ccccc3[N+](=O)[O-])CC2)cc1C. The van der Waals surface area contributed by atoms with E-state index in [1.807, 2.05) is 0 Å². The van der Waals surface area contributed by atoms with Crippen molar-refractivity contribution >= 4 is 17.3 Å². The predicted octanol–water partition coefficient (Wildman–Crippen LogP) is 3.17. The van der Waals surface area contributed by atoms with Crippen LogP contribution in [-0.2, 0) is 0 Å². The number of amides is 1. The third-order valence-electron chi connectivity index (χ3n) is 4.75. The minimum absolute atomic E-state index is 0.135. The van der Waals surface area contributed by atoms with E-state index < -0.39 is 4.92 Å². The number of carbonyl (C=O) groups is 1. The fourth-order valence-electron chi connectivity index (χ4n) is 3.07. The lowest BCUT2D eigenvalue weighted by Crippen LogP contribution is -2.48. The highest BCUT2D eigenvalue weighted by atomic mass is 16.6. The van der Waals surface area contributed by atoms with Crippen LogP contribution in [0.2, 0.25) is 0 Å². The number of nitrogens with zero attached hydrogens (tertiary/aromatic N) is 3. The second-order valence-corrected chi connectivity index (χ2v) is 6.32. The van der Waals surface area contributed by atoms with Crippen molar-refractivity contribution in [2.45, 2.75) is 13.8 Å². The summed E-state index contributed by atoms with van der Waals surface area (Å²) >= 11 is 0. The van der Waals surface area contributed by atoms with Gasteiger partial charge in [-0.1, -0.05) is 18.2 Å². The van der Waals surface area contributed by atoms with Gasteiger partial charge in [0.25, 0.3) is 11.6 Å². The zero-order valence-corrected chi connectivity index (χ0v) is 14.4. The van der Waals surface area contributed by atoms with E-state index in [0.717, 1.165) is 18.8 Å². The Labute approximate surface area is 146 Å². The maximum atomic E-state index is 12.7. The fraction of sp³-hybridized carbons (Fsp3) is 0.316. The van der Waals surface area contributed by atoms with Crippen molar-refractivity contribution in [1.82, 2.24) is 4.90 Å². The van der Waals surface area contributed by atoms with Gasteiger partial charge in [0.2, 0.25) is 0 Å². The van der Waals surface area contributed by atoms with E-state index in [-0.39, 0.29) is 17.2 Å². The number of para-hydroxylation sites is 1. The molecule has 1 fully saturated rings. The molecule has 0 bridgehead atoms. The molecule has 0 saturated carbocycles. The molecule has 0 unspecified atom stereocenters. The van der Waals surface area contributed by atoms with Gasteiger partial charge in [0, 0.05) is 37.9 Å². The molecule has 1 heterocycles. The Hall–Kier alpha value is -2.89. The molecule has 25 heavy (non-hydrogen) atoms. The van der Waals surface area contributed by atoms with Crippen LogP contribution in [0, 0.1) is 24.0 Å². The summed E-state index contributed by atoms with van der Waals surface area (Å²) in [5, 5.41) is 11.1. The number of carbonyl (C=O) groups excluding carboxylic acids is 1. The Balaban J connectivity index is 1.71. The lowest BCUT2D eigenvalue weighted by molar-refractivity contribution is -0.385. The van der Waals surface area contributed by atoms with Crippen molar-refractivity contribution in [1.29, 1.82) is 0 Å². The summed E-state index contributed by atoms with van der Waals surface area (Å²) in [4.78, 5) is 27.2. The molecule has 0 spiro atoms. The summed E-state index contributed by atoms with van der Waals surface area (Å²) in [6.07, 6.45) is 0. The largest absolute Gasteiger partial charge is 0.368 e. The van der Waals surface area contributed by atoms with Gasteiger partial charge >= 0.3 is 0 Å². The quantitative estimate of drug-likeness (QED) is 0.636. The first kappa shape index (κ1) is 17.0. The van der Waals surface area contributed by atoms with E-state index in [4.69, 9.17) is 0 Å². The third kappa shape index (κ3) is 3.47. The van der Waals surface area contributed by atoms with Gasteiger partial charge in [-0.15, -0.1) is 0 Å². The normalized spacial score (nSPS) is 14.5. The number of nitro groups is 1. The summed E-state index contributed by atoms with van der Waals surface area (Å²) in [7, 11) is 0. The number of piperazine rings is 1. The molecule has 0 radical (unpaired) electrons. The van der Waals surface area contributed by atoms with Gasteiger partial charge in [0.15, 0.2) is 0 Å². The van der Waals surface area contributed by atoms with Crippen molar-refractivity contribution in [3.8, 4) is 0 Å². The number of anilines is 1. The molecule has 0 aliphatic carbocycles. The highest BCUT2D eigenvalue weighted by molar-refractivity contribution is 5.98. The van der Waals surface area contributed by atoms with E-state index in [1.54, 1.807) is 17.0 Å². The summed E-state index contributed by atoms with van der Waals surface area (Å²) in [5.41, 5.74) is 3.68. The van der Waals surface area contributed by atoms with Gasteiger partial charge < -0.3 is 9.80 Å². The first-order chi connectivity index (χ1) is 12.0. The number of benzene rings is 2. The lowest BCUT2D eigenvalue weighted by atomic mass is 10.1. The molecule has 0 aromatic heterocycles. The predicted molar refractivity (Wildman–Crippen MR) is 97.1 cm³/mol. The van der Waals surface area contributed by atoms with E-state index >= 15 is 0 Å². The van der Waals surface area contributed by atoms with Crippen molar-refractivity contribution in [3.05, 3.63) is 69.3 Å². The summed E-state index contributed by atoms with van der Waals surface area (Å²) in [6, 6.07) is 12.5. The molecular weight excluding hydrogens is 318 g/mol. The van der Waals surface area contributed by atoms with Crippen LogP contribution in [0.5, 0.6) is 0 Å². The number of rotatable bonds is 3. The molecule has 1 aliphatic rings. The van der Waals surface area contributed by atoms with Gasteiger partial charge in [0.05, 0.1) is 4.92 Å². The van der Waals surface area contributed by atoms with Gasteiger partial charge in [-0.25, -0.2) is 0 Å². The molecule has 130 valence electrons. The monoisotopic (exact) mass is 339 g/mol. The molecule has 6 nitrogen and oxygen atoms in total. The van der Waals surface area contributed by atoms with Crippen LogP contribution in [0.3, 0.4) is 0 Å². The second-order valence-electron chi connectivity index (χ2n) is 6.32. The highest BCUT2D eigenvalue weighted by Gasteiger charge is 2.27. The molecule has 1 amide bonds. The lowest BCUT2D eigenvalue weighted by Gasteiger charge is -2.36. The van der Waals surface area contributed by atoms with E-state index in [2.05, 4.69) is 36.9 Å². The molecule has 1 saturated heterocycles. The van der Waals surface area contributed by atoms with E-state index in [9.17, 15) is 14.9 Å². The Bertz CT molecular complexity index is 811. The first-order valence-corrected chi connectivity index (χ1v) is 8.32. The molecular formula is C19H21N3O3. The average molecular weight is 339 g/mol. The van der Waals surface area contributed by atoms with E-state index in [0.29, 0.717) is 13.1 Å². The number of hydrogen-bond donors (Lipinski definition) is 0. The molecule has 6 heteroatoms. The topological polar surface area (TPSA) is 66.7 Å². The molecule has 0 atom stereocenters. The fourth-order valence-corrected chi connectivity index (χ4v) is 3.07. The molecule has 2 aromatic carbocycles. The van der Waals surface area contributed by atoms with Crippen LogP contribution in [0.1, 0.15) is 21.5 Å². The Kier molecular flexibility index (Phi) is 4.70. The van der Waals surface area contributed by atoms with Crippen LogP contribution in [0.25, 0.3) is 0 Å². The van der Waals surface area contributed by atoms with Crippen molar-refractivity contribution in [2.24, 2.45) is 0 Å². The minimum Gasteiger partial charge on any atom is -0.368 e.